The normalized spacial score (nSPS) is 14.7. The van der Waals surface area contributed by atoms with Crippen molar-refractivity contribution in [3.05, 3.63) is 24.3 Å². The predicted octanol–water partition coefficient (Wildman–Crippen LogP) is 19.0. The fourth-order valence-corrected chi connectivity index (χ4v) is 11.4. The third kappa shape index (κ3) is 61.1. The van der Waals surface area contributed by atoms with Gasteiger partial charge in [-0.05, 0) is 69.1 Å². The van der Waals surface area contributed by atoms with E-state index in [2.05, 4.69) is 72.8 Å². The fraction of sp³-hybridized carbons (Fsp3) is 0.884. The van der Waals surface area contributed by atoms with Gasteiger partial charge in [-0.25, -0.2) is 9.13 Å². The van der Waals surface area contributed by atoms with Gasteiger partial charge in [0.25, 0.3) is 0 Å². The molecular formula is C69H130O17P2. The topological polar surface area (TPSA) is 237 Å². The Labute approximate surface area is 535 Å². The van der Waals surface area contributed by atoms with Crippen LogP contribution in [0, 0.1) is 17.8 Å². The minimum absolute atomic E-state index is 0.0948. The molecule has 518 valence electrons. The molecule has 0 amide bonds. The highest BCUT2D eigenvalue weighted by molar-refractivity contribution is 7.47. The summed E-state index contributed by atoms with van der Waals surface area (Å²) in [5, 5.41) is 10.6. The Hall–Kier alpha value is -2.46. The van der Waals surface area contributed by atoms with Gasteiger partial charge in [0.2, 0.25) is 0 Å². The molecule has 0 rings (SSSR count). The zero-order chi connectivity index (χ0) is 65.2. The highest BCUT2D eigenvalue weighted by atomic mass is 31.2. The van der Waals surface area contributed by atoms with Crippen LogP contribution in [0.3, 0.4) is 0 Å². The molecule has 0 aromatic carbocycles. The number of aliphatic hydroxyl groups excluding tert-OH is 1. The quantitative estimate of drug-likeness (QED) is 0.0169. The lowest BCUT2D eigenvalue weighted by Crippen LogP contribution is -2.30. The van der Waals surface area contributed by atoms with E-state index in [1.165, 1.54) is 103 Å². The molecule has 0 aliphatic heterocycles. The second kappa shape index (κ2) is 59.5. The molecule has 0 saturated carbocycles. The SMILES string of the molecule is CCCCCC/C=C\C=C/CCCCCCCC(=O)OC[C@H](COP(=O)(O)OCC(O)COP(=O)(O)OC[C@@H](COC(=O)CCCCCCCCCC(C)C)OC(=O)CCCCCCCCCCCCC(C)CC)OC(=O)CCCCCCCCC(C)C. The first-order valence-corrected chi connectivity index (χ1v) is 38.2. The second-order valence-corrected chi connectivity index (χ2v) is 28.3. The summed E-state index contributed by atoms with van der Waals surface area (Å²) in [7, 11) is -9.91. The first-order chi connectivity index (χ1) is 42.3. The van der Waals surface area contributed by atoms with Crippen LogP contribution in [0.5, 0.6) is 0 Å². The molecule has 0 aromatic heterocycles. The molecule has 0 saturated heterocycles. The van der Waals surface area contributed by atoms with Gasteiger partial charge in [0.1, 0.15) is 19.3 Å². The molecule has 17 nitrogen and oxygen atoms in total. The highest BCUT2D eigenvalue weighted by Crippen LogP contribution is 2.45. The fourth-order valence-electron chi connectivity index (χ4n) is 9.79. The predicted molar refractivity (Wildman–Crippen MR) is 354 cm³/mol. The van der Waals surface area contributed by atoms with Crippen LogP contribution in [0.2, 0.25) is 0 Å². The summed E-state index contributed by atoms with van der Waals surface area (Å²) < 4.78 is 68.1. The second-order valence-electron chi connectivity index (χ2n) is 25.4. The number of ether oxygens (including phenoxy) is 4. The third-order valence-corrected chi connectivity index (χ3v) is 17.5. The molecule has 3 N–H and O–H groups in total. The molecule has 0 spiro atoms. The summed E-state index contributed by atoms with van der Waals surface area (Å²) >= 11 is 0. The Balaban J connectivity index is 5.25. The lowest BCUT2D eigenvalue weighted by Gasteiger charge is -2.21. The van der Waals surface area contributed by atoms with Crippen LogP contribution >= 0.6 is 15.6 Å². The Kier molecular flexibility index (Phi) is 57.9. The van der Waals surface area contributed by atoms with Crippen molar-refractivity contribution in [2.24, 2.45) is 17.8 Å². The highest BCUT2D eigenvalue weighted by Gasteiger charge is 2.30. The smallest absolute Gasteiger partial charge is 0.462 e. The van der Waals surface area contributed by atoms with E-state index in [4.69, 9.17) is 37.0 Å². The monoisotopic (exact) mass is 1290 g/mol. The molecule has 0 radical (unpaired) electrons. The summed E-state index contributed by atoms with van der Waals surface area (Å²) in [5.41, 5.74) is 0. The van der Waals surface area contributed by atoms with Crippen LogP contribution < -0.4 is 0 Å². The number of carbonyl (C=O) groups is 4. The molecule has 0 heterocycles. The minimum Gasteiger partial charge on any atom is -0.462 e. The van der Waals surface area contributed by atoms with Crippen LogP contribution in [0.25, 0.3) is 0 Å². The minimum atomic E-state index is -4.96. The lowest BCUT2D eigenvalue weighted by molar-refractivity contribution is -0.161. The van der Waals surface area contributed by atoms with Crippen LogP contribution in [-0.4, -0.2) is 96.7 Å². The molecule has 6 atom stereocenters. The van der Waals surface area contributed by atoms with E-state index in [1.54, 1.807) is 0 Å². The summed E-state index contributed by atoms with van der Waals surface area (Å²) in [5.74, 6) is 0.00641. The summed E-state index contributed by atoms with van der Waals surface area (Å²) in [6, 6.07) is 0. The van der Waals surface area contributed by atoms with Gasteiger partial charge in [0.05, 0.1) is 26.4 Å². The van der Waals surface area contributed by atoms with Crippen LogP contribution in [0.15, 0.2) is 24.3 Å². The molecule has 0 bridgehead atoms. The molecule has 0 aliphatic carbocycles. The van der Waals surface area contributed by atoms with Gasteiger partial charge in [-0.1, -0.05) is 265 Å². The summed E-state index contributed by atoms with van der Waals surface area (Å²) in [6.07, 6.45) is 45.5. The number of hydrogen-bond acceptors (Lipinski definition) is 15. The zero-order valence-corrected chi connectivity index (χ0v) is 58.5. The van der Waals surface area contributed by atoms with E-state index >= 15 is 0 Å². The number of rotatable bonds is 65. The molecule has 4 unspecified atom stereocenters. The molecule has 0 aromatic rings. The third-order valence-electron chi connectivity index (χ3n) is 15.6. The van der Waals surface area contributed by atoms with E-state index in [1.807, 2.05) is 0 Å². The largest absolute Gasteiger partial charge is 0.472 e. The Bertz CT molecular complexity index is 1830. The number of phosphoric ester groups is 2. The van der Waals surface area contributed by atoms with Gasteiger partial charge < -0.3 is 33.8 Å². The molecule has 19 heteroatoms. The van der Waals surface area contributed by atoms with Crippen molar-refractivity contribution >= 4 is 39.5 Å². The number of carbonyl (C=O) groups excluding carboxylic acids is 4. The number of esters is 4. The lowest BCUT2D eigenvalue weighted by atomic mass is 9.99. The van der Waals surface area contributed by atoms with Gasteiger partial charge >= 0.3 is 39.5 Å². The van der Waals surface area contributed by atoms with Gasteiger partial charge in [-0.3, -0.25) is 37.3 Å². The number of hydrogen-bond donors (Lipinski definition) is 3. The van der Waals surface area contributed by atoms with Gasteiger partial charge in [0, 0.05) is 25.7 Å². The number of allylic oxidation sites excluding steroid dienone is 4. The van der Waals surface area contributed by atoms with Gasteiger partial charge in [-0.2, -0.15) is 0 Å². The van der Waals surface area contributed by atoms with Crippen molar-refractivity contribution in [3.8, 4) is 0 Å². The van der Waals surface area contributed by atoms with Crippen LogP contribution in [0.1, 0.15) is 318 Å². The summed E-state index contributed by atoms with van der Waals surface area (Å²) in [4.78, 5) is 72.4. The van der Waals surface area contributed by atoms with Gasteiger partial charge in [-0.15, -0.1) is 0 Å². The maximum atomic E-state index is 13.0. The van der Waals surface area contributed by atoms with E-state index in [0.29, 0.717) is 37.5 Å². The average Bonchev–Trinajstić information content (AvgIpc) is 3.70. The van der Waals surface area contributed by atoms with Crippen LogP contribution in [0.4, 0.5) is 0 Å². The Morgan fingerprint density at radius 3 is 1.01 bits per heavy atom. The standard InChI is InChI=1S/C69H130O17P2/c1-8-10-11-12-13-14-15-16-17-18-19-23-28-36-43-50-66(71)79-57-65(86-69(74)53-46-39-32-31-34-41-48-61(5)6)59-84-88(77,78)82-55-63(70)54-81-87(75,76)83-58-64(56-80-67(72)51-44-37-30-25-26-33-40-47-60(3)4)85-68(73)52-45-38-29-24-21-20-22-27-35-42-49-62(7)9-2/h14-17,60-65,70H,8-13,18-59H2,1-7H3,(H,75,76)(H,77,78)/b15-14-,17-16-/t62?,63?,64-,65-/m1/s1. The summed E-state index contributed by atoms with van der Waals surface area (Å²) in [6.45, 7) is 11.6. The van der Waals surface area contributed by atoms with Crippen molar-refractivity contribution in [3.63, 3.8) is 0 Å². The Morgan fingerprint density at radius 2 is 0.670 bits per heavy atom. The molecule has 0 aliphatic rings. The van der Waals surface area contributed by atoms with E-state index in [0.717, 1.165) is 121 Å². The van der Waals surface area contributed by atoms with Crippen molar-refractivity contribution in [1.29, 1.82) is 0 Å². The van der Waals surface area contributed by atoms with E-state index < -0.39 is 97.5 Å². The van der Waals surface area contributed by atoms with Crippen LogP contribution in [-0.2, 0) is 65.4 Å². The maximum absolute atomic E-state index is 13.0. The maximum Gasteiger partial charge on any atom is 0.472 e. The molecular weight excluding hydrogens is 1160 g/mol. The van der Waals surface area contributed by atoms with Gasteiger partial charge in [0.15, 0.2) is 12.2 Å². The average molecular weight is 1290 g/mol. The zero-order valence-electron chi connectivity index (χ0n) is 56.7. The number of phosphoric acid groups is 2. The first-order valence-electron chi connectivity index (χ1n) is 35.2. The Morgan fingerprint density at radius 1 is 0.375 bits per heavy atom. The van der Waals surface area contributed by atoms with Crippen molar-refractivity contribution in [1.82, 2.24) is 0 Å². The van der Waals surface area contributed by atoms with E-state index in [9.17, 15) is 43.2 Å². The molecule has 0 fully saturated rings. The van der Waals surface area contributed by atoms with Crippen molar-refractivity contribution in [2.75, 3.05) is 39.6 Å². The molecule has 88 heavy (non-hydrogen) atoms. The first kappa shape index (κ1) is 85.5. The van der Waals surface area contributed by atoms with Crippen molar-refractivity contribution in [2.45, 2.75) is 336 Å². The van der Waals surface area contributed by atoms with Crippen molar-refractivity contribution < 1.29 is 80.2 Å². The van der Waals surface area contributed by atoms with E-state index in [-0.39, 0.29) is 25.7 Å². The number of unbranched alkanes of at least 4 members (excludes halogenated alkanes) is 29. The number of aliphatic hydroxyl groups is 1.